The highest BCUT2D eigenvalue weighted by atomic mass is 19.1. The van der Waals surface area contributed by atoms with Crippen LogP contribution < -0.4 is 5.32 Å². The van der Waals surface area contributed by atoms with E-state index in [0.717, 1.165) is 11.8 Å². The fraction of sp³-hybridized carbons (Fsp3) is 0.647. The van der Waals surface area contributed by atoms with Crippen molar-refractivity contribution in [2.24, 2.45) is 11.8 Å². The Balaban J connectivity index is 1.41. The number of rotatable bonds is 4. The SMILES string of the molecule is CC1CCC(CNC2CC(c3cccc(F)c3)C2)C1. The van der Waals surface area contributed by atoms with Gasteiger partial charge in [-0.1, -0.05) is 25.5 Å². The van der Waals surface area contributed by atoms with Gasteiger partial charge in [-0.15, -0.1) is 0 Å². The molecule has 2 aliphatic rings. The summed E-state index contributed by atoms with van der Waals surface area (Å²) < 4.78 is 13.2. The predicted molar refractivity (Wildman–Crippen MR) is 76.7 cm³/mol. The van der Waals surface area contributed by atoms with E-state index in [4.69, 9.17) is 0 Å². The standard InChI is InChI=1S/C17H24FN/c1-12-5-6-13(7-12)11-19-17-9-15(10-17)14-3-2-4-16(18)8-14/h2-4,8,12-13,15,17,19H,5-7,9-11H2,1H3. The summed E-state index contributed by atoms with van der Waals surface area (Å²) in [7, 11) is 0. The maximum absolute atomic E-state index is 13.2. The highest BCUT2D eigenvalue weighted by Gasteiger charge is 2.31. The van der Waals surface area contributed by atoms with E-state index in [-0.39, 0.29) is 5.82 Å². The van der Waals surface area contributed by atoms with Crippen molar-refractivity contribution in [1.82, 2.24) is 5.32 Å². The number of hydrogen-bond donors (Lipinski definition) is 1. The van der Waals surface area contributed by atoms with Crippen LogP contribution in [0, 0.1) is 17.7 Å². The van der Waals surface area contributed by atoms with Crippen molar-refractivity contribution in [3.63, 3.8) is 0 Å². The van der Waals surface area contributed by atoms with Gasteiger partial charge in [0.05, 0.1) is 0 Å². The fourth-order valence-corrected chi connectivity index (χ4v) is 3.66. The summed E-state index contributed by atoms with van der Waals surface area (Å²) in [5.41, 5.74) is 1.17. The molecule has 0 heterocycles. The van der Waals surface area contributed by atoms with Gasteiger partial charge >= 0.3 is 0 Å². The van der Waals surface area contributed by atoms with Crippen molar-refractivity contribution in [2.45, 2.75) is 51.0 Å². The molecule has 1 nitrogen and oxygen atoms in total. The third kappa shape index (κ3) is 3.17. The summed E-state index contributed by atoms with van der Waals surface area (Å²) in [6.45, 7) is 3.55. The Labute approximate surface area is 115 Å². The minimum Gasteiger partial charge on any atom is -0.314 e. The van der Waals surface area contributed by atoms with Crippen molar-refractivity contribution in [1.29, 1.82) is 0 Å². The normalized spacial score (nSPS) is 34.2. The Kier molecular flexibility index (Phi) is 3.88. The summed E-state index contributed by atoms with van der Waals surface area (Å²) in [5, 5.41) is 3.70. The van der Waals surface area contributed by atoms with Gasteiger partial charge in [0.2, 0.25) is 0 Å². The van der Waals surface area contributed by atoms with Crippen molar-refractivity contribution in [3.8, 4) is 0 Å². The van der Waals surface area contributed by atoms with Crippen LogP contribution in [0.3, 0.4) is 0 Å². The first-order valence-electron chi connectivity index (χ1n) is 7.69. The molecule has 0 spiro atoms. The van der Waals surface area contributed by atoms with E-state index < -0.39 is 0 Å². The lowest BCUT2D eigenvalue weighted by Crippen LogP contribution is -2.42. The van der Waals surface area contributed by atoms with Crippen LogP contribution in [0.1, 0.15) is 50.5 Å². The first-order chi connectivity index (χ1) is 9.20. The van der Waals surface area contributed by atoms with Gasteiger partial charge in [0.1, 0.15) is 5.82 Å². The lowest BCUT2D eigenvalue weighted by atomic mass is 9.75. The Morgan fingerprint density at radius 1 is 1.21 bits per heavy atom. The van der Waals surface area contributed by atoms with E-state index in [1.54, 1.807) is 6.07 Å². The summed E-state index contributed by atoms with van der Waals surface area (Å²) in [5.74, 6) is 2.28. The van der Waals surface area contributed by atoms with Crippen LogP contribution in [0.25, 0.3) is 0 Å². The summed E-state index contributed by atoms with van der Waals surface area (Å²) in [6.07, 6.45) is 6.54. The highest BCUT2D eigenvalue weighted by Crippen LogP contribution is 2.37. The van der Waals surface area contributed by atoms with Gasteiger partial charge in [0.25, 0.3) is 0 Å². The molecule has 2 heteroatoms. The Morgan fingerprint density at radius 3 is 2.74 bits per heavy atom. The van der Waals surface area contributed by atoms with Crippen LogP contribution >= 0.6 is 0 Å². The van der Waals surface area contributed by atoms with Crippen LogP contribution in [-0.4, -0.2) is 12.6 Å². The lowest BCUT2D eigenvalue weighted by molar-refractivity contribution is 0.274. The van der Waals surface area contributed by atoms with Crippen LogP contribution in [-0.2, 0) is 0 Å². The lowest BCUT2D eigenvalue weighted by Gasteiger charge is -2.37. The number of hydrogen-bond acceptors (Lipinski definition) is 1. The topological polar surface area (TPSA) is 12.0 Å². The van der Waals surface area contributed by atoms with Gasteiger partial charge in [-0.05, 0) is 67.7 Å². The summed E-state index contributed by atoms with van der Waals surface area (Å²) in [6, 6.07) is 7.76. The van der Waals surface area contributed by atoms with Crippen LogP contribution in [0.15, 0.2) is 24.3 Å². The molecule has 2 saturated carbocycles. The average molecular weight is 261 g/mol. The molecule has 0 radical (unpaired) electrons. The molecule has 0 saturated heterocycles. The molecule has 2 atom stereocenters. The van der Waals surface area contributed by atoms with Gasteiger partial charge < -0.3 is 5.32 Å². The van der Waals surface area contributed by atoms with Crippen molar-refractivity contribution in [2.75, 3.05) is 6.54 Å². The maximum Gasteiger partial charge on any atom is 0.123 e. The minimum atomic E-state index is -0.103. The predicted octanol–water partition coefficient (Wildman–Crippen LogP) is 4.10. The van der Waals surface area contributed by atoms with Crippen LogP contribution in [0.4, 0.5) is 4.39 Å². The molecule has 2 unspecified atom stereocenters. The summed E-state index contributed by atoms with van der Waals surface area (Å²) >= 11 is 0. The molecule has 0 aromatic heterocycles. The first kappa shape index (κ1) is 13.1. The van der Waals surface area contributed by atoms with Crippen LogP contribution in [0.2, 0.25) is 0 Å². The second kappa shape index (κ2) is 5.62. The minimum absolute atomic E-state index is 0.103. The van der Waals surface area contributed by atoms with E-state index >= 15 is 0 Å². The third-order valence-electron chi connectivity index (χ3n) is 4.96. The van der Waals surface area contributed by atoms with Crippen molar-refractivity contribution >= 4 is 0 Å². The van der Waals surface area contributed by atoms with Crippen molar-refractivity contribution < 1.29 is 4.39 Å². The number of halogens is 1. The molecular formula is C17H24FN. The molecule has 1 aromatic carbocycles. The number of benzene rings is 1. The third-order valence-corrected chi connectivity index (χ3v) is 4.96. The molecule has 0 bridgehead atoms. The van der Waals surface area contributed by atoms with E-state index in [2.05, 4.69) is 18.3 Å². The molecule has 0 aliphatic heterocycles. The Bertz CT molecular complexity index is 425. The van der Waals surface area contributed by atoms with Gasteiger partial charge in [0, 0.05) is 6.04 Å². The largest absolute Gasteiger partial charge is 0.314 e. The molecule has 104 valence electrons. The van der Waals surface area contributed by atoms with E-state index in [9.17, 15) is 4.39 Å². The molecule has 2 aliphatic carbocycles. The molecule has 2 fully saturated rings. The zero-order valence-electron chi connectivity index (χ0n) is 11.7. The highest BCUT2D eigenvalue weighted by molar-refractivity contribution is 5.23. The average Bonchev–Trinajstić information content (AvgIpc) is 2.73. The second-order valence-electron chi connectivity index (χ2n) is 6.61. The zero-order valence-corrected chi connectivity index (χ0v) is 11.7. The Hall–Kier alpha value is -0.890. The Morgan fingerprint density at radius 2 is 2.05 bits per heavy atom. The quantitative estimate of drug-likeness (QED) is 0.860. The zero-order chi connectivity index (χ0) is 13.2. The van der Waals surface area contributed by atoms with Gasteiger partial charge in [-0.3, -0.25) is 0 Å². The smallest absolute Gasteiger partial charge is 0.123 e. The molecule has 19 heavy (non-hydrogen) atoms. The molecule has 3 rings (SSSR count). The van der Waals surface area contributed by atoms with Gasteiger partial charge in [-0.25, -0.2) is 4.39 Å². The summed E-state index contributed by atoms with van der Waals surface area (Å²) in [4.78, 5) is 0. The van der Waals surface area contributed by atoms with E-state index in [0.29, 0.717) is 12.0 Å². The van der Waals surface area contributed by atoms with Crippen LogP contribution in [0.5, 0.6) is 0 Å². The molecule has 1 N–H and O–H groups in total. The molecule has 1 aromatic rings. The second-order valence-corrected chi connectivity index (χ2v) is 6.61. The van der Waals surface area contributed by atoms with E-state index in [1.807, 2.05) is 6.07 Å². The molecule has 0 amide bonds. The van der Waals surface area contributed by atoms with Crippen molar-refractivity contribution in [3.05, 3.63) is 35.6 Å². The monoisotopic (exact) mass is 261 g/mol. The molecular weight excluding hydrogens is 237 g/mol. The van der Waals surface area contributed by atoms with E-state index in [1.165, 1.54) is 50.3 Å². The number of nitrogens with one attached hydrogen (secondary N) is 1. The van der Waals surface area contributed by atoms with Gasteiger partial charge in [-0.2, -0.15) is 0 Å². The first-order valence-corrected chi connectivity index (χ1v) is 7.69. The maximum atomic E-state index is 13.2. The van der Waals surface area contributed by atoms with Gasteiger partial charge in [0.15, 0.2) is 0 Å². The fourth-order valence-electron chi connectivity index (χ4n) is 3.66.